The Kier molecular flexibility index (Phi) is 3.17. The van der Waals surface area contributed by atoms with Gasteiger partial charge in [0.25, 0.3) is 0 Å². The summed E-state index contributed by atoms with van der Waals surface area (Å²) in [5.74, 6) is 0.611. The number of anilines is 1. The Labute approximate surface area is 95.8 Å². The second-order valence-electron chi connectivity index (χ2n) is 4.15. The van der Waals surface area contributed by atoms with Crippen LogP contribution >= 0.6 is 11.6 Å². The molecule has 1 aromatic carbocycles. The maximum absolute atomic E-state index is 6.08. The molecular formula is C12H17ClN2. The normalized spacial score (nSPS) is 18.7. The topological polar surface area (TPSA) is 38.0 Å². The number of hydrogen-bond acceptors (Lipinski definition) is 2. The maximum Gasteiger partial charge on any atom is 0.0455 e. The predicted molar refractivity (Wildman–Crippen MR) is 65.7 cm³/mol. The zero-order chi connectivity index (χ0) is 10.8. The minimum absolute atomic E-state index is 0.611. The molecule has 0 amide bonds. The van der Waals surface area contributed by atoms with Crippen LogP contribution in [0.2, 0.25) is 5.02 Å². The van der Waals surface area contributed by atoms with Gasteiger partial charge in [0, 0.05) is 23.2 Å². The molecule has 2 nitrogen and oxygen atoms in total. The first-order valence-electron chi connectivity index (χ1n) is 5.47. The van der Waals surface area contributed by atoms with Gasteiger partial charge >= 0.3 is 0 Å². The molecule has 0 fully saturated rings. The van der Waals surface area contributed by atoms with E-state index in [0.29, 0.717) is 5.92 Å². The van der Waals surface area contributed by atoms with Crippen molar-refractivity contribution in [2.24, 2.45) is 5.73 Å². The minimum Gasteiger partial charge on any atom is -0.384 e. The largest absolute Gasteiger partial charge is 0.384 e. The van der Waals surface area contributed by atoms with Crippen molar-refractivity contribution in [3.63, 3.8) is 0 Å². The standard InChI is InChI=1S/C12H17ClN2/c1-8-11(13)5-4-10-9(3-2-6-14)7-15-12(8)10/h4-5,9,15H,2-3,6-7,14H2,1H3. The van der Waals surface area contributed by atoms with E-state index in [0.717, 1.165) is 31.0 Å². The average Bonchev–Trinajstić information content (AvgIpc) is 2.64. The van der Waals surface area contributed by atoms with Crippen LogP contribution in [0.4, 0.5) is 5.69 Å². The van der Waals surface area contributed by atoms with Gasteiger partial charge in [-0.15, -0.1) is 0 Å². The number of nitrogens with one attached hydrogen (secondary N) is 1. The summed E-state index contributed by atoms with van der Waals surface area (Å²) in [6, 6.07) is 4.14. The molecule has 3 heteroatoms. The van der Waals surface area contributed by atoms with E-state index < -0.39 is 0 Å². The van der Waals surface area contributed by atoms with Crippen LogP contribution in [-0.2, 0) is 0 Å². The van der Waals surface area contributed by atoms with Gasteiger partial charge in [0.2, 0.25) is 0 Å². The summed E-state index contributed by atoms with van der Waals surface area (Å²) in [5, 5.41) is 4.29. The summed E-state index contributed by atoms with van der Waals surface area (Å²) in [4.78, 5) is 0. The van der Waals surface area contributed by atoms with E-state index in [4.69, 9.17) is 17.3 Å². The average molecular weight is 225 g/mol. The Morgan fingerprint density at radius 3 is 3.07 bits per heavy atom. The Morgan fingerprint density at radius 1 is 1.53 bits per heavy atom. The molecule has 0 aromatic heterocycles. The van der Waals surface area contributed by atoms with Gasteiger partial charge in [-0.2, -0.15) is 0 Å². The maximum atomic E-state index is 6.08. The third-order valence-corrected chi connectivity index (χ3v) is 3.56. The highest BCUT2D eigenvalue weighted by Gasteiger charge is 2.23. The number of rotatable bonds is 3. The number of hydrogen-bond donors (Lipinski definition) is 2. The molecule has 0 radical (unpaired) electrons. The van der Waals surface area contributed by atoms with Crippen LogP contribution in [0.5, 0.6) is 0 Å². The van der Waals surface area contributed by atoms with Gasteiger partial charge in [0.1, 0.15) is 0 Å². The van der Waals surface area contributed by atoms with Crippen LogP contribution in [0, 0.1) is 6.92 Å². The molecule has 0 spiro atoms. The smallest absolute Gasteiger partial charge is 0.0455 e. The van der Waals surface area contributed by atoms with E-state index in [1.165, 1.54) is 16.8 Å². The van der Waals surface area contributed by atoms with Crippen LogP contribution in [0.25, 0.3) is 0 Å². The van der Waals surface area contributed by atoms with Crippen molar-refractivity contribution >= 4 is 17.3 Å². The van der Waals surface area contributed by atoms with E-state index in [9.17, 15) is 0 Å². The first kappa shape index (κ1) is 10.8. The zero-order valence-electron chi connectivity index (χ0n) is 9.02. The lowest BCUT2D eigenvalue weighted by Gasteiger charge is -2.10. The third-order valence-electron chi connectivity index (χ3n) is 3.15. The Bertz CT molecular complexity index is 363. The van der Waals surface area contributed by atoms with Gasteiger partial charge in [0.15, 0.2) is 0 Å². The van der Waals surface area contributed by atoms with Gasteiger partial charge in [-0.3, -0.25) is 0 Å². The molecule has 2 rings (SSSR count). The van der Waals surface area contributed by atoms with Gasteiger partial charge in [-0.05, 0) is 43.5 Å². The predicted octanol–water partition coefficient (Wildman–Crippen LogP) is 2.90. The van der Waals surface area contributed by atoms with Crippen molar-refractivity contribution in [1.82, 2.24) is 0 Å². The van der Waals surface area contributed by atoms with Gasteiger partial charge in [-0.25, -0.2) is 0 Å². The first-order valence-corrected chi connectivity index (χ1v) is 5.84. The van der Waals surface area contributed by atoms with Crippen molar-refractivity contribution in [2.75, 3.05) is 18.4 Å². The highest BCUT2D eigenvalue weighted by atomic mass is 35.5. The quantitative estimate of drug-likeness (QED) is 0.829. The number of nitrogens with two attached hydrogens (primary N) is 1. The van der Waals surface area contributed by atoms with E-state index in [1.54, 1.807) is 0 Å². The lowest BCUT2D eigenvalue weighted by molar-refractivity contribution is 0.638. The summed E-state index contributed by atoms with van der Waals surface area (Å²) in [7, 11) is 0. The monoisotopic (exact) mass is 224 g/mol. The molecule has 1 aromatic rings. The van der Waals surface area contributed by atoms with Crippen LogP contribution in [0.15, 0.2) is 12.1 Å². The number of halogens is 1. The number of fused-ring (bicyclic) bond motifs is 1. The van der Waals surface area contributed by atoms with Gasteiger partial charge < -0.3 is 11.1 Å². The van der Waals surface area contributed by atoms with Crippen molar-refractivity contribution in [3.8, 4) is 0 Å². The molecule has 0 aliphatic carbocycles. The van der Waals surface area contributed by atoms with E-state index in [1.807, 2.05) is 6.07 Å². The Morgan fingerprint density at radius 2 is 2.33 bits per heavy atom. The van der Waals surface area contributed by atoms with E-state index in [-0.39, 0.29) is 0 Å². The van der Waals surface area contributed by atoms with Crippen molar-refractivity contribution in [2.45, 2.75) is 25.7 Å². The van der Waals surface area contributed by atoms with Gasteiger partial charge in [0.05, 0.1) is 0 Å². The van der Waals surface area contributed by atoms with Crippen LogP contribution in [0.3, 0.4) is 0 Å². The fraction of sp³-hybridized carbons (Fsp3) is 0.500. The molecule has 0 saturated carbocycles. The summed E-state index contributed by atoms with van der Waals surface area (Å²) in [6.45, 7) is 3.87. The molecule has 0 bridgehead atoms. The van der Waals surface area contributed by atoms with Crippen molar-refractivity contribution in [3.05, 3.63) is 28.3 Å². The highest BCUT2D eigenvalue weighted by molar-refractivity contribution is 6.31. The third kappa shape index (κ3) is 1.97. The molecular weight excluding hydrogens is 208 g/mol. The Balaban J connectivity index is 2.24. The fourth-order valence-electron chi connectivity index (χ4n) is 2.24. The SMILES string of the molecule is Cc1c(Cl)ccc2c1NCC2CCCN. The van der Waals surface area contributed by atoms with Gasteiger partial charge in [-0.1, -0.05) is 17.7 Å². The van der Waals surface area contributed by atoms with E-state index in [2.05, 4.69) is 18.3 Å². The minimum atomic E-state index is 0.611. The molecule has 82 valence electrons. The Hall–Kier alpha value is -0.730. The van der Waals surface area contributed by atoms with Crippen molar-refractivity contribution < 1.29 is 0 Å². The van der Waals surface area contributed by atoms with Crippen LogP contribution in [-0.4, -0.2) is 13.1 Å². The molecule has 15 heavy (non-hydrogen) atoms. The highest BCUT2D eigenvalue weighted by Crippen LogP contribution is 2.38. The lowest BCUT2D eigenvalue weighted by atomic mass is 9.95. The van der Waals surface area contributed by atoms with E-state index >= 15 is 0 Å². The summed E-state index contributed by atoms with van der Waals surface area (Å²) >= 11 is 6.08. The van der Waals surface area contributed by atoms with Crippen molar-refractivity contribution in [1.29, 1.82) is 0 Å². The molecule has 0 saturated heterocycles. The zero-order valence-corrected chi connectivity index (χ0v) is 9.77. The van der Waals surface area contributed by atoms with Crippen LogP contribution in [0.1, 0.15) is 29.9 Å². The lowest BCUT2D eigenvalue weighted by Crippen LogP contribution is -2.06. The second-order valence-corrected chi connectivity index (χ2v) is 4.55. The first-order chi connectivity index (χ1) is 7.24. The summed E-state index contributed by atoms with van der Waals surface area (Å²) < 4.78 is 0. The molecule has 1 unspecified atom stereocenters. The number of benzene rings is 1. The molecule has 1 aliphatic rings. The summed E-state index contributed by atoms with van der Waals surface area (Å²) in [5.41, 5.74) is 9.36. The second kappa shape index (κ2) is 4.42. The fourth-order valence-corrected chi connectivity index (χ4v) is 2.40. The molecule has 1 aliphatic heterocycles. The molecule has 3 N–H and O–H groups in total. The molecule has 1 heterocycles. The summed E-state index contributed by atoms with van der Waals surface area (Å²) in [6.07, 6.45) is 2.25. The van der Waals surface area contributed by atoms with Crippen LogP contribution < -0.4 is 11.1 Å². The molecule has 1 atom stereocenters.